The highest BCUT2D eigenvalue weighted by molar-refractivity contribution is 5.79. The second-order valence-corrected chi connectivity index (χ2v) is 4.54. The molecule has 16 heavy (non-hydrogen) atoms. The Labute approximate surface area is 97.8 Å². The van der Waals surface area contributed by atoms with Gasteiger partial charge in [0.15, 0.2) is 0 Å². The molecule has 0 aliphatic carbocycles. The summed E-state index contributed by atoms with van der Waals surface area (Å²) in [5.74, 6) is 0.381. The molecule has 3 nitrogen and oxygen atoms in total. The molecule has 1 aromatic rings. The first kappa shape index (κ1) is 12.7. The highest BCUT2D eigenvalue weighted by Crippen LogP contribution is 2.07. The third-order valence-electron chi connectivity index (χ3n) is 2.69. The molecule has 0 saturated carbocycles. The SMILES string of the molecule is Cc1ccc(CN(C)CC(C)C(=N)N)cc1. The molecule has 0 fully saturated rings. The van der Waals surface area contributed by atoms with E-state index in [1.54, 1.807) is 0 Å². The van der Waals surface area contributed by atoms with Gasteiger partial charge in [-0.15, -0.1) is 0 Å². The van der Waals surface area contributed by atoms with Gasteiger partial charge in [-0.2, -0.15) is 0 Å². The number of nitrogens with one attached hydrogen (secondary N) is 1. The third-order valence-corrected chi connectivity index (χ3v) is 2.69. The van der Waals surface area contributed by atoms with Crippen LogP contribution in [0.5, 0.6) is 0 Å². The molecule has 0 bridgehead atoms. The summed E-state index contributed by atoms with van der Waals surface area (Å²) in [6, 6.07) is 8.53. The van der Waals surface area contributed by atoms with Gasteiger partial charge in [0.1, 0.15) is 0 Å². The molecular weight excluding hydrogens is 198 g/mol. The summed E-state index contributed by atoms with van der Waals surface area (Å²) in [7, 11) is 2.05. The maximum Gasteiger partial charge on any atom is 0.0947 e. The van der Waals surface area contributed by atoms with Gasteiger partial charge in [0.05, 0.1) is 5.84 Å². The van der Waals surface area contributed by atoms with Crippen LogP contribution in [0.4, 0.5) is 0 Å². The third kappa shape index (κ3) is 4.03. The van der Waals surface area contributed by atoms with Crippen molar-refractivity contribution in [3.8, 4) is 0 Å². The summed E-state index contributed by atoms with van der Waals surface area (Å²) < 4.78 is 0. The number of rotatable bonds is 5. The number of nitrogens with two attached hydrogens (primary N) is 1. The number of benzene rings is 1. The average Bonchev–Trinajstić information content (AvgIpc) is 2.21. The Balaban J connectivity index is 2.48. The van der Waals surface area contributed by atoms with Crippen molar-refractivity contribution in [3.05, 3.63) is 35.4 Å². The summed E-state index contributed by atoms with van der Waals surface area (Å²) in [6.45, 7) is 5.79. The second kappa shape index (κ2) is 5.66. The van der Waals surface area contributed by atoms with Gasteiger partial charge < -0.3 is 10.6 Å². The van der Waals surface area contributed by atoms with Crippen molar-refractivity contribution in [2.75, 3.05) is 13.6 Å². The summed E-state index contributed by atoms with van der Waals surface area (Å²) in [5.41, 5.74) is 8.03. The zero-order chi connectivity index (χ0) is 12.1. The second-order valence-electron chi connectivity index (χ2n) is 4.54. The molecule has 0 aromatic heterocycles. The van der Waals surface area contributed by atoms with Crippen LogP contribution in [0.2, 0.25) is 0 Å². The molecule has 0 spiro atoms. The van der Waals surface area contributed by atoms with Crippen LogP contribution >= 0.6 is 0 Å². The predicted molar refractivity (Wildman–Crippen MR) is 68.6 cm³/mol. The molecule has 0 radical (unpaired) electrons. The van der Waals surface area contributed by atoms with E-state index in [2.05, 4.69) is 43.1 Å². The van der Waals surface area contributed by atoms with Crippen LogP contribution in [0.25, 0.3) is 0 Å². The molecule has 1 rings (SSSR count). The lowest BCUT2D eigenvalue weighted by atomic mass is 10.1. The molecule has 88 valence electrons. The zero-order valence-electron chi connectivity index (χ0n) is 10.3. The first-order chi connectivity index (χ1) is 7.49. The highest BCUT2D eigenvalue weighted by Gasteiger charge is 2.09. The van der Waals surface area contributed by atoms with Gasteiger partial charge in [0, 0.05) is 19.0 Å². The summed E-state index contributed by atoms with van der Waals surface area (Å²) in [5, 5.41) is 7.35. The number of hydrogen-bond acceptors (Lipinski definition) is 2. The fourth-order valence-corrected chi connectivity index (χ4v) is 1.64. The van der Waals surface area contributed by atoms with Crippen LogP contribution in [0.1, 0.15) is 18.1 Å². The number of aryl methyl sites for hydroxylation is 1. The first-order valence-electron chi connectivity index (χ1n) is 5.57. The molecule has 1 aromatic carbocycles. The van der Waals surface area contributed by atoms with Crippen LogP contribution in [0, 0.1) is 18.3 Å². The lowest BCUT2D eigenvalue weighted by molar-refractivity contribution is 0.306. The van der Waals surface area contributed by atoms with Gasteiger partial charge >= 0.3 is 0 Å². The van der Waals surface area contributed by atoms with E-state index in [0.717, 1.165) is 13.1 Å². The van der Waals surface area contributed by atoms with E-state index in [9.17, 15) is 0 Å². The minimum absolute atomic E-state index is 0.121. The van der Waals surface area contributed by atoms with Gasteiger partial charge in [-0.1, -0.05) is 36.8 Å². The zero-order valence-corrected chi connectivity index (χ0v) is 10.3. The summed E-state index contributed by atoms with van der Waals surface area (Å²) >= 11 is 0. The number of amidine groups is 1. The lowest BCUT2D eigenvalue weighted by Gasteiger charge is -2.20. The average molecular weight is 219 g/mol. The van der Waals surface area contributed by atoms with Crippen LogP contribution in [0.3, 0.4) is 0 Å². The quantitative estimate of drug-likeness (QED) is 0.588. The van der Waals surface area contributed by atoms with Crippen LogP contribution in [0.15, 0.2) is 24.3 Å². The number of nitrogens with zero attached hydrogens (tertiary/aromatic N) is 1. The van der Waals surface area contributed by atoms with Gasteiger partial charge in [0.25, 0.3) is 0 Å². The van der Waals surface area contributed by atoms with Crippen molar-refractivity contribution in [1.29, 1.82) is 5.41 Å². The van der Waals surface area contributed by atoms with E-state index in [4.69, 9.17) is 11.1 Å². The van der Waals surface area contributed by atoms with Crippen molar-refractivity contribution in [2.45, 2.75) is 20.4 Å². The van der Waals surface area contributed by atoms with Gasteiger partial charge in [0.2, 0.25) is 0 Å². The highest BCUT2D eigenvalue weighted by atomic mass is 15.1. The predicted octanol–water partition coefficient (Wildman–Crippen LogP) is 2.00. The van der Waals surface area contributed by atoms with Crippen LogP contribution in [-0.4, -0.2) is 24.3 Å². The van der Waals surface area contributed by atoms with Crippen molar-refractivity contribution in [3.63, 3.8) is 0 Å². The lowest BCUT2D eigenvalue weighted by Crippen LogP contribution is -2.31. The monoisotopic (exact) mass is 219 g/mol. The van der Waals surface area contributed by atoms with Gasteiger partial charge in [-0.25, -0.2) is 0 Å². The standard InChI is InChI=1S/C13H21N3/c1-10-4-6-12(7-5-10)9-16(3)8-11(2)13(14)15/h4-7,11H,8-9H2,1-3H3,(H3,14,15). The Kier molecular flexibility index (Phi) is 4.50. The smallest absolute Gasteiger partial charge is 0.0947 e. The summed E-state index contributed by atoms with van der Waals surface area (Å²) in [6.07, 6.45) is 0. The van der Waals surface area contributed by atoms with E-state index < -0.39 is 0 Å². The normalized spacial score (nSPS) is 12.8. The Morgan fingerprint density at radius 3 is 2.44 bits per heavy atom. The van der Waals surface area contributed by atoms with E-state index in [1.165, 1.54) is 11.1 Å². The van der Waals surface area contributed by atoms with Gasteiger partial charge in [-0.05, 0) is 19.5 Å². The molecule has 0 aliphatic heterocycles. The Hall–Kier alpha value is -1.35. The van der Waals surface area contributed by atoms with Crippen molar-refractivity contribution in [1.82, 2.24) is 4.90 Å². The van der Waals surface area contributed by atoms with Crippen molar-refractivity contribution in [2.24, 2.45) is 11.7 Å². The molecule has 1 atom stereocenters. The van der Waals surface area contributed by atoms with Crippen LogP contribution < -0.4 is 5.73 Å². The van der Waals surface area contributed by atoms with Crippen molar-refractivity contribution < 1.29 is 0 Å². The van der Waals surface area contributed by atoms with E-state index in [0.29, 0.717) is 0 Å². The van der Waals surface area contributed by atoms with E-state index in [1.807, 2.05) is 6.92 Å². The molecule has 0 aliphatic rings. The molecule has 3 heteroatoms. The minimum Gasteiger partial charge on any atom is -0.387 e. The topological polar surface area (TPSA) is 53.1 Å². The maximum atomic E-state index is 7.35. The minimum atomic E-state index is 0.121. The Morgan fingerprint density at radius 1 is 1.38 bits per heavy atom. The molecule has 1 unspecified atom stereocenters. The molecule has 0 heterocycles. The molecule has 3 N–H and O–H groups in total. The first-order valence-corrected chi connectivity index (χ1v) is 5.57. The Bertz CT molecular complexity index is 343. The fraction of sp³-hybridized carbons (Fsp3) is 0.462. The summed E-state index contributed by atoms with van der Waals surface area (Å²) in [4.78, 5) is 2.19. The van der Waals surface area contributed by atoms with E-state index in [-0.39, 0.29) is 11.8 Å². The molecule has 0 saturated heterocycles. The van der Waals surface area contributed by atoms with E-state index >= 15 is 0 Å². The maximum absolute atomic E-state index is 7.35. The van der Waals surface area contributed by atoms with Gasteiger partial charge in [-0.3, -0.25) is 5.41 Å². The van der Waals surface area contributed by atoms with Crippen LogP contribution in [-0.2, 0) is 6.54 Å². The molecule has 0 amide bonds. The van der Waals surface area contributed by atoms with Crippen molar-refractivity contribution >= 4 is 5.84 Å². The Morgan fingerprint density at radius 2 is 1.94 bits per heavy atom. The largest absolute Gasteiger partial charge is 0.387 e. The fourth-order valence-electron chi connectivity index (χ4n) is 1.64. The number of hydrogen-bond donors (Lipinski definition) is 2. The molecular formula is C13H21N3.